The number of carbonyl (C=O) groups excluding carboxylic acids is 2. The van der Waals surface area contributed by atoms with Crippen LogP contribution in [0.15, 0.2) is 23.1 Å². The summed E-state index contributed by atoms with van der Waals surface area (Å²) in [5.41, 5.74) is -2.34. The van der Waals surface area contributed by atoms with Crippen molar-refractivity contribution in [3.8, 4) is 0 Å². The van der Waals surface area contributed by atoms with E-state index in [1.807, 2.05) is 0 Å². The molecule has 2 amide bonds. The highest BCUT2D eigenvalue weighted by atomic mass is 19.4. The van der Waals surface area contributed by atoms with Gasteiger partial charge in [0.2, 0.25) is 5.91 Å². The number of amides is 2. The average Bonchev–Trinajstić information content (AvgIpc) is 2.52. The van der Waals surface area contributed by atoms with E-state index in [1.54, 1.807) is 34.7 Å². The monoisotopic (exact) mass is 405 g/mol. The van der Waals surface area contributed by atoms with E-state index in [9.17, 15) is 27.6 Å². The number of halogens is 3. The molecule has 0 aliphatic heterocycles. The Hall–Kier alpha value is -2.52. The Balaban J connectivity index is 2.57. The lowest BCUT2D eigenvalue weighted by Crippen LogP contribution is -2.40. The molecule has 0 radical (unpaired) electrons. The summed E-state index contributed by atoms with van der Waals surface area (Å²) in [6, 6.07) is 1.44. The number of aromatic nitrogens is 1. The molecule has 28 heavy (non-hydrogen) atoms. The maximum Gasteiger partial charge on any atom is 0.417 e. The van der Waals surface area contributed by atoms with Crippen LogP contribution in [0.1, 0.15) is 33.3 Å². The first-order valence-corrected chi connectivity index (χ1v) is 8.67. The number of hydrogen-bond acceptors (Lipinski definition) is 4. The lowest BCUT2D eigenvalue weighted by Gasteiger charge is -2.26. The number of nitrogens with one attached hydrogen (secondary N) is 1. The maximum absolute atomic E-state index is 12.7. The number of rotatable bonds is 6. The van der Waals surface area contributed by atoms with E-state index in [4.69, 9.17) is 4.74 Å². The highest BCUT2D eigenvalue weighted by Gasteiger charge is 2.31. The van der Waals surface area contributed by atoms with Gasteiger partial charge in [-0.15, -0.1) is 0 Å². The van der Waals surface area contributed by atoms with Crippen molar-refractivity contribution in [2.24, 2.45) is 5.92 Å². The Bertz CT molecular complexity index is 754. The van der Waals surface area contributed by atoms with Gasteiger partial charge in [0, 0.05) is 32.4 Å². The SMILES string of the molecule is CC(CNC(=O)Cn1cc(C(F)(F)F)ccc1=O)CN(C)C(=O)OC(C)(C)C. The Morgan fingerprint density at radius 2 is 1.86 bits per heavy atom. The summed E-state index contributed by atoms with van der Waals surface area (Å²) in [5.74, 6) is -0.743. The van der Waals surface area contributed by atoms with Crippen LogP contribution >= 0.6 is 0 Å². The van der Waals surface area contributed by atoms with Crippen molar-refractivity contribution in [3.05, 3.63) is 34.2 Å². The van der Waals surface area contributed by atoms with Gasteiger partial charge in [0.05, 0.1) is 5.56 Å². The van der Waals surface area contributed by atoms with E-state index in [0.717, 1.165) is 6.07 Å². The van der Waals surface area contributed by atoms with E-state index in [-0.39, 0.29) is 12.5 Å². The minimum absolute atomic E-state index is 0.139. The Kier molecular flexibility index (Phi) is 7.66. The van der Waals surface area contributed by atoms with Crippen molar-refractivity contribution in [2.75, 3.05) is 20.1 Å². The van der Waals surface area contributed by atoms with E-state index >= 15 is 0 Å². The topological polar surface area (TPSA) is 80.6 Å². The first-order chi connectivity index (χ1) is 12.7. The highest BCUT2D eigenvalue weighted by molar-refractivity contribution is 5.75. The first kappa shape index (κ1) is 23.5. The molecule has 0 saturated carbocycles. The Morgan fingerprint density at radius 1 is 1.25 bits per heavy atom. The van der Waals surface area contributed by atoms with Gasteiger partial charge in [-0.25, -0.2) is 4.79 Å². The molecule has 1 rings (SSSR count). The van der Waals surface area contributed by atoms with Gasteiger partial charge in [-0.05, 0) is 32.8 Å². The molecule has 1 unspecified atom stereocenters. The van der Waals surface area contributed by atoms with Crippen LogP contribution in [0.4, 0.5) is 18.0 Å². The van der Waals surface area contributed by atoms with E-state index in [0.29, 0.717) is 23.4 Å². The van der Waals surface area contributed by atoms with Crippen molar-refractivity contribution < 1.29 is 27.5 Å². The Labute approximate surface area is 161 Å². The normalized spacial score (nSPS) is 13.0. The molecule has 1 heterocycles. The predicted molar refractivity (Wildman–Crippen MR) is 96.7 cm³/mol. The fraction of sp³-hybridized carbons (Fsp3) is 0.611. The van der Waals surface area contributed by atoms with Crippen LogP contribution in [0.5, 0.6) is 0 Å². The van der Waals surface area contributed by atoms with Crippen LogP contribution < -0.4 is 10.9 Å². The third kappa shape index (κ3) is 8.01. The van der Waals surface area contributed by atoms with Gasteiger partial charge in [0.1, 0.15) is 12.1 Å². The molecule has 1 aromatic rings. The zero-order valence-electron chi connectivity index (χ0n) is 16.6. The number of pyridine rings is 1. The smallest absolute Gasteiger partial charge is 0.417 e. The van der Waals surface area contributed by atoms with Crippen LogP contribution in [-0.2, 0) is 22.3 Å². The van der Waals surface area contributed by atoms with Crippen molar-refractivity contribution >= 4 is 12.0 Å². The molecule has 1 aromatic heterocycles. The van der Waals surface area contributed by atoms with E-state index < -0.39 is 41.4 Å². The molecule has 0 aliphatic carbocycles. The lowest BCUT2D eigenvalue weighted by atomic mass is 10.1. The van der Waals surface area contributed by atoms with Crippen LogP contribution in [0, 0.1) is 5.92 Å². The highest BCUT2D eigenvalue weighted by Crippen LogP contribution is 2.27. The zero-order valence-corrected chi connectivity index (χ0v) is 16.6. The summed E-state index contributed by atoms with van der Waals surface area (Å²) in [5, 5.41) is 2.55. The minimum atomic E-state index is -4.60. The minimum Gasteiger partial charge on any atom is -0.444 e. The molecular weight excluding hydrogens is 379 g/mol. The second-order valence-electron chi connectivity index (χ2n) is 7.65. The molecule has 7 nitrogen and oxygen atoms in total. The third-order valence-electron chi connectivity index (χ3n) is 3.56. The van der Waals surface area contributed by atoms with Crippen LogP contribution in [0.25, 0.3) is 0 Å². The second-order valence-corrected chi connectivity index (χ2v) is 7.65. The standard InChI is InChI=1S/C18H26F3N3O4/c1-12(9-23(5)16(27)28-17(2,3)4)8-22-14(25)11-24-10-13(18(19,20)21)6-7-15(24)26/h6-7,10,12H,8-9,11H2,1-5H3,(H,22,25). The quantitative estimate of drug-likeness (QED) is 0.789. The molecule has 0 aliphatic rings. The molecule has 1 N–H and O–H groups in total. The summed E-state index contributed by atoms with van der Waals surface area (Å²) in [6.45, 7) is 6.99. The van der Waals surface area contributed by atoms with Crippen molar-refractivity contribution in [1.29, 1.82) is 0 Å². The van der Waals surface area contributed by atoms with Crippen LogP contribution in [0.3, 0.4) is 0 Å². The van der Waals surface area contributed by atoms with E-state index in [1.165, 1.54) is 4.90 Å². The van der Waals surface area contributed by atoms with Crippen molar-refractivity contribution in [3.63, 3.8) is 0 Å². The van der Waals surface area contributed by atoms with Gasteiger partial charge in [-0.1, -0.05) is 6.92 Å². The summed E-state index contributed by atoms with van der Waals surface area (Å²) in [4.78, 5) is 36.9. The number of alkyl halides is 3. The lowest BCUT2D eigenvalue weighted by molar-refractivity contribution is -0.138. The predicted octanol–water partition coefficient (Wildman–Crippen LogP) is 2.49. The van der Waals surface area contributed by atoms with Gasteiger partial charge in [-0.3, -0.25) is 9.59 Å². The largest absolute Gasteiger partial charge is 0.444 e. The Morgan fingerprint density at radius 3 is 2.39 bits per heavy atom. The zero-order chi connectivity index (χ0) is 21.7. The molecule has 158 valence electrons. The molecular formula is C18H26F3N3O4. The number of hydrogen-bond donors (Lipinski definition) is 1. The fourth-order valence-corrected chi connectivity index (χ4v) is 2.27. The van der Waals surface area contributed by atoms with Crippen molar-refractivity contribution in [2.45, 2.75) is 46.0 Å². The molecule has 0 fully saturated rings. The summed E-state index contributed by atoms with van der Waals surface area (Å²) in [7, 11) is 1.56. The maximum atomic E-state index is 12.7. The first-order valence-electron chi connectivity index (χ1n) is 8.67. The molecule has 10 heteroatoms. The van der Waals surface area contributed by atoms with Crippen LogP contribution in [-0.4, -0.2) is 47.2 Å². The van der Waals surface area contributed by atoms with E-state index in [2.05, 4.69) is 5.32 Å². The van der Waals surface area contributed by atoms with Gasteiger partial charge in [-0.2, -0.15) is 13.2 Å². The van der Waals surface area contributed by atoms with Gasteiger partial charge in [0.15, 0.2) is 0 Å². The van der Waals surface area contributed by atoms with Gasteiger partial charge < -0.3 is 19.5 Å². The summed E-state index contributed by atoms with van der Waals surface area (Å²) in [6.07, 6.45) is -4.49. The van der Waals surface area contributed by atoms with Gasteiger partial charge >= 0.3 is 12.3 Å². The fourth-order valence-electron chi connectivity index (χ4n) is 2.27. The number of ether oxygens (including phenoxy) is 1. The average molecular weight is 405 g/mol. The second kappa shape index (κ2) is 9.11. The number of carbonyl (C=O) groups is 2. The molecule has 0 bridgehead atoms. The van der Waals surface area contributed by atoms with Crippen molar-refractivity contribution in [1.82, 2.24) is 14.8 Å². The summed E-state index contributed by atoms with van der Waals surface area (Å²) >= 11 is 0. The summed E-state index contributed by atoms with van der Waals surface area (Å²) < 4.78 is 44.1. The molecule has 0 saturated heterocycles. The molecule has 0 spiro atoms. The van der Waals surface area contributed by atoms with Gasteiger partial charge in [0.25, 0.3) is 5.56 Å². The van der Waals surface area contributed by atoms with Crippen LogP contribution in [0.2, 0.25) is 0 Å². The number of nitrogens with zero attached hydrogens (tertiary/aromatic N) is 2. The molecule has 0 aromatic carbocycles. The molecule has 1 atom stereocenters. The third-order valence-corrected chi connectivity index (χ3v) is 3.56.